The Balaban J connectivity index is 0.000000287. The van der Waals surface area contributed by atoms with E-state index in [1.54, 1.807) is 7.11 Å². The highest BCUT2D eigenvalue weighted by Gasteiger charge is 2.45. The molecule has 2 aromatic carbocycles. The van der Waals surface area contributed by atoms with Crippen LogP contribution >= 0.6 is 0 Å². The first-order valence-corrected chi connectivity index (χ1v) is 10.7. The van der Waals surface area contributed by atoms with Crippen LogP contribution in [-0.4, -0.2) is 76.2 Å². The van der Waals surface area contributed by atoms with Gasteiger partial charge in [-0.25, -0.2) is 4.79 Å². The van der Waals surface area contributed by atoms with Crippen LogP contribution in [0.5, 0.6) is 5.75 Å². The summed E-state index contributed by atoms with van der Waals surface area (Å²) in [6, 6.07) is 19.9. The molecular weight excluding hydrogens is 462 g/mol. The van der Waals surface area contributed by atoms with Gasteiger partial charge in [-0.15, -0.1) is 0 Å². The zero-order valence-corrected chi connectivity index (χ0v) is 19.1. The maximum atomic E-state index is 10.3. The van der Waals surface area contributed by atoms with Crippen molar-refractivity contribution in [2.45, 2.75) is 36.9 Å². The Labute approximate surface area is 201 Å². The number of carboxylic acid groups (broad SMARTS) is 3. The zero-order valence-electron chi connectivity index (χ0n) is 19.1. The highest BCUT2D eigenvalue weighted by molar-refractivity contribution is 5.88. The van der Waals surface area contributed by atoms with Crippen LogP contribution in [0.25, 0.3) is 0 Å². The van der Waals surface area contributed by atoms with E-state index >= 15 is 0 Å². The van der Waals surface area contributed by atoms with Gasteiger partial charge in [-0.3, -0.25) is 14.9 Å². The molecule has 1 fully saturated rings. The molecule has 35 heavy (non-hydrogen) atoms. The van der Waals surface area contributed by atoms with E-state index in [1.807, 2.05) is 48.5 Å². The van der Waals surface area contributed by atoms with Crippen LogP contribution in [0.4, 0.5) is 0 Å². The first-order chi connectivity index (χ1) is 16.6. The van der Waals surface area contributed by atoms with Gasteiger partial charge in [-0.05, 0) is 17.7 Å². The summed E-state index contributed by atoms with van der Waals surface area (Å²) < 4.78 is 17.9. The van der Waals surface area contributed by atoms with Crippen molar-refractivity contribution in [3.63, 3.8) is 0 Å². The van der Waals surface area contributed by atoms with Crippen molar-refractivity contribution in [3.05, 3.63) is 66.2 Å². The molecule has 1 saturated heterocycles. The largest absolute Gasteiger partial charge is 0.481 e. The Kier molecular flexibility index (Phi) is 10.2. The molecule has 0 saturated carbocycles. The van der Waals surface area contributed by atoms with E-state index in [9.17, 15) is 14.4 Å². The van der Waals surface area contributed by atoms with Crippen LogP contribution in [0.1, 0.15) is 18.4 Å². The van der Waals surface area contributed by atoms with Crippen LogP contribution in [0.15, 0.2) is 60.7 Å². The molecule has 2 unspecified atom stereocenters. The van der Waals surface area contributed by atoms with E-state index in [0.29, 0.717) is 13.0 Å². The van der Waals surface area contributed by atoms with Crippen molar-refractivity contribution in [1.82, 2.24) is 5.32 Å². The Bertz CT molecular complexity index is 909. The van der Waals surface area contributed by atoms with Gasteiger partial charge < -0.3 is 34.6 Å². The topological polar surface area (TPSA) is 172 Å². The van der Waals surface area contributed by atoms with Crippen molar-refractivity contribution in [1.29, 1.82) is 0 Å². The lowest BCUT2D eigenvalue weighted by Gasteiger charge is -2.43. The molecule has 1 aliphatic rings. The number of carboxylic acids is 3. The van der Waals surface area contributed by atoms with Gasteiger partial charge in [-0.1, -0.05) is 48.5 Å². The van der Waals surface area contributed by atoms with E-state index in [4.69, 9.17) is 34.6 Å². The molecule has 0 aliphatic carbocycles. The summed E-state index contributed by atoms with van der Waals surface area (Å²) in [6.45, 7) is 1.33. The van der Waals surface area contributed by atoms with Gasteiger partial charge >= 0.3 is 17.9 Å². The summed E-state index contributed by atoms with van der Waals surface area (Å²) in [6.07, 6.45) is -2.01. The molecule has 11 heteroatoms. The normalized spacial score (nSPS) is 19.7. The molecule has 0 bridgehead atoms. The van der Waals surface area contributed by atoms with Gasteiger partial charge in [0.1, 0.15) is 5.75 Å². The number of carbonyl (C=O) groups is 3. The predicted octanol–water partition coefficient (Wildman–Crippen LogP) is 1.35. The van der Waals surface area contributed by atoms with Gasteiger partial charge in [0, 0.05) is 20.1 Å². The van der Waals surface area contributed by atoms with Gasteiger partial charge in [0.15, 0.2) is 11.8 Å². The number of hydrogen-bond acceptors (Lipinski definition) is 8. The van der Waals surface area contributed by atoms with Crippen LogP contribution in [0, 0.1) is 0 Å². The lowest BCUT2D eigenvalue weighted by molar-refractivity contribution is -0.270. The van der Waals surface area contributed by atoms with E-state index in [2.05, 4.69) is 17.4 Å². The first kappa shape index (κ1) is 27.7. The average Bonchev–Trinajstić information content (AvgIpc) is 2.80. The highest BCUT2D eigenvalue weighted by atomic mass is 16.7. The van der Waals surface area contributed by atoms with E-state index in [0.717, 1.165) is 17.9 Å². The molecular formula is C24H29NO10. The number of rotatable bonds is 10. The molecule has 5 N–H and O–H groups in total. The van der Waals surface area contributed by atoms with E-state index < -0.39 is 42.1 Å². The standard InChI is InChI=1S/C18H21NO3.C6H8O7/c1-20-17-18(21-13-12-19-17,14-15-8-4-2-5-9-15)22-16-10-6-3-7-11-16;7-3(8)1-6(13,5(11)12)2-4(9)10/h2-11,17,19H,12-14H2,1H3;13H,1-2H2,(H,7,8)(H,9,10)(H,11,12). The Hall–Kier alpha value is -3.51. The summed E-state index contributed by atoms with van der Waals surface area (Å²) in [7, 11) is 1.67. The second-order valence-electron chi connectivity index (χ2n) is 7.79. The van der Waals surface area contributed by atoms with Gasteiger partial charge in [0.25, 0.3) is 5.79 Å². The number of nitrogens with one attached hydrogen (secondary N) is 1. The average molecular weight is 491 g/mol. The molecule has 190 valence electrons. The van der Waals surface area contributed by atoms with Crippen LogP contribution in [0.2, 0.25) is 0 Å². The number of aliphatic carboxylic acids is 3. The summed E-state index contributed by atoms with van der Waals surface area (Å²) in [5, 5.41) is 37.1. The fraction of sp³-hybridized carbons (Fsp3) is 0.375. The van der Waals surface area contributed by atoms with Crippen molar-refractivity contribution in [2.75, 3.05) is 20.3 Å². The fourth-order valence-electron chi connectivity index (χ4n) is 3.45. The summed E-state index contributed by atoms with van der Waals surface area (Å²) in [5.74, 6) is -5.13. The number of morpholine rings is 1. The third kappa shape index (κ3) is 8.34. The summed E-state index contributed by atoms with van der Waals surface area (Å²) in [4.78, 5) is 30.5. The number of ether oxygens (including phenoxy) is 3. The first-order valence-electron chi connectivity index (χ1n) is 10.7. The van der Waals surface area contributed by atoms with Crippen LogP contribution in [0.3, 0.4) is 0 Å². The lowest BCUT2D eigenvalue weighted by Crippen LogP contribution is -2.63. The lowest BCUT2D eigenvalue weighted by atomic mass is 9.96. The predicted molar refractivity (Wildman–Crippen MR) is 122 cm³/mol. The van der Waals surface area contributed by atoms with Crippen molar-refractivity contribution >= 4 is 17.9 Å². The Morgan fingerprint density at radius 2 is 1.54 bits per heavy atom. The number of methoxy groups -OCH3 is 1. The smallest absolute Gasteiger partial charge is 0.336 e. The maximum absolute atomic E-state index is 10.3. The van der Waals surface area contributed by atoms with Crippen molar-refractivity contribution in [2.24, 2.45) is 0 Å². The molecule has 0 aromatic heterocycles. The number of aliphatic hydroxyl groups is 1. The molecule has 11 nitrogen and oxygen atoms in total. The van der Waals surface area contributed by atoms with Crippen LogP contribution < -0.4 is 10.1 Å². The monoisotopic (exact) mass is 491 g/mol. The second-order valence-corrected chi connectivity index (χ2v) is 7.79. The summed E-state index contributed by atoms with van der Waals surface area (Å²) in [5.41, 5.74) is -1.60. The minimum absolute atomic E-state index is 0.332. The SMILES string of the molecule is COC1NCCOC1(Cc1ccccc1)Oc1ccccc1.O=C(O)CC(O)(CC(=O)O)C(=O)O. The Morgan fingerprint density at radius 1 is 1.00 bits per heavy atom. The molecule has 1 aliphatic heterocycles. The minimum atomic E-state index is -2.74. The quantitative estimate of drug-likeness (QED) is 0.325. The highest BCUT2D eigenvalue weighted by Crippen LogP contribution is 2.29. The number of hydrogen-bond donors (Lipinski definition) is 5. The molecule has 0 spiro atoms. The van der Waals surface area contributed by atoms with Gasteiger partial charge in [-0.2, -0.15) is 0 Å². The van der Waals surface area contributed by atoms with E-state index in [-0.39, 0.29) is 6.23 Å². The van der Waals surface area contributed by atoms with E-state index in [1.165, 1.54) is 0 Å². The molecule has 1 heterocycles. The fourth-order valence-corrected chi connectivity index (χ4v) is 3.45. The third-order valence-corrected chi connectivity index (χ3v) is 5.03. The zero-order chi connectivity index (χ0) is 25.9. The van der Waals surface area contributed by atoms with Gasteiger partial charge in [0.05, 0.1) is 19.4 Å². The minimum Gasteiger partial charge on any atom is -0.481 e. The Morgan fingerprint density at radius 3 is 2.03 bits per heavy atom. The molecule has 2 atom stereocenters. The second kappa shape index (κ2) is 12.8. The number of benzene rings is 2. The molecule has 0 radical (unpaired) electrons. The third-order valence-electron chi connectivity index (χ3n) is 5.03. The molecule has 2 aromatic rings. The maximum Gasteiger partial charge on any atom is 0.336 e. The summed E-state index contributed by atoms with van der Waals surface area (Å²) >= 11 is 0. The molecule has 0 amide bonds. The van der Waals surface area contributed by atoms with Crippen molar-refractivity contribution < 1.29 is 49.0 Å². The van der Waals surface area contributed by atoms with Gasteiger partial charge in [0.2, 0.25) is 0 Å². The van der Waals surface area contributed by atoms with Crippen molar-refractivity contribution in [3.8, 4) is 5.75 Å². The van der Waals surface area contributed by atoms with Crippen LogP contribution in [-0.2, 0) is 30.3 Å². The number of para-hydroxylation sites is 1. The molecule has 3 rings (SSSR count).